The second-order valence-corrected chi connectivity index (χ2v) is 5.99. The Hall–Kier alpha value is -3.22. The van der Waals surface area contributed by atoms with E-state index >= 15 is 0 Å². The molecule has 2 aromatic heterocycles. The molecule has 2 heterocycles. The maximum atomic E-state index is 12.3. The molecular formula is C19H20N4O3. The highest BCUT2D eigenvalue weighted by Gasteiger charge is 2.26. The summed E-state index contributed by atoms with van der Waals surface area (Å²) in [5.41, 5.74) is 6.94. The highest BCUT2D eigenvalue weighted by Crippen LogP contribution is 2.29. The standard InChI is InChI=1S/C19H20N4O3/c1-3-11(4-2)18(25)22-19-15(17(20)24)16(23-26-19)14-10-9-12-7-5-6-8-13(12)21-14/h5-11H,3-4H2,1-2H3,(H2,20,24)(H,22,25). The number of carbonyl (C=O) groups excluding carboxylic acids is 2. The first kappa shape index (κ1) is 17.6. The fraction of sp³-hybridized carbons (Fsp3) is 0.263. The summed E-state index contributed by atoms with van der Waals surface area (Å²) in [6.07, 6.45) is 1.36. The molecule has 0 atom stereocenters. The molecule has 0 aliphatic heterocycles. The summed E-state index contributed by atoms with van der Waals surface area (Å²) < 4.78 is 5.21. The first-order valence-electron chi connectivity index (χ1n) is 8.51. The van der Waals surface area contributed by atoms with Crippen molar-refractivity contribution in [2.75, 3.05) is 5.32 Å². The minimum Gasteiger partial charge on any atom is -0.365 e. The Morgan fingerprint density at radius 2 is 1.88 bits per heavy atom. The van der Waals surface area contributed by atoms with Gasteiger partial charge in [0.05, 0.1) is 11.2 Å². The molecule has 0 saturated carbocycles. The van der Waals surface area contributed by atoms with Crippen LogP contribution in [0, 0.1) is 5.92 Å². The van der Waals surface area contributed by atoms with Crippen molar-refractivity contribution in [2.24, 2.45) is 11.7 Å². The highest BCUT2D eigenvalue weighted by atomic mass is 16.5. The second-order valence-electron chi connectivity index (χ2n) is 5.99. The SMILES string of the molecule is CCC(CC)C(=O)Nc1onc(-c2ccc3ccccc3n2)c1C(N)=O. The molecule has 3 aromatic rings. The van der Waals surface area contributed by atoms with Gasteiger partial charge in [0.25, 0.3) is 5.91 Å². The zero-order valence-corrected chi connectivity index (χ0v) is 14.7. The quantitative estimate of drug-likeness (QED) is 0.706. The largest absolute Gasteiger partial charge is 0.365 e. The molecule has 0 fully saturated rings. The molecule has 0 radical (unpaired) electrons. The van der Waals surface area contributed by atoms with Crippen LogP contribution in [-0.4, -0.2) is 22.0 Å². The molecule has 26 heavy (non-hydrogen) atoms. The van der Waals surface area contributed by atoms with Crippen molar-refractivity contribution in [3.63, 3.8) is 0 Å². The fourth-order valence-corrected chi connectivity index (χ4v) is 2.85. The number of nitrogens with two attached hydrogens (primary N) is 1. The van der Waals surface area contributed by atoms with E-state index in [1.54, 1.807) is 6.07 Å². The number of benzene rings is 1. The minimum atomic E-state index is -0.740. The van der Waals surface area contributed by atoms with Crippen molar-refractivity contribution >= 4 is 28.6 Å². The number of anilines is 1. The lowest BCUT2D eigenvalue weighted by Crippen LogP contribution is -2.23. The van der Waals surface area contributed by atoms with Gasteiger partial charge in [0, 0.05) is 11.3 Å². The lowest BCUT2D eigenvalue weighted by molar-refractivity contribution is -0.120. The van der Waals surface area contributed by atoms with Crippen molar-refractivity contribution in [1.29, 1.82) is 0 Å². The topological polar surface area (TPSA) is 111 Å². The third-order valence-corrected chi connectivity index (χ3v) is 4.37. The number of aromatic nitrogens is 2. The van der Waals surface area contributed by atoms with Crippen LogP contribution >= 0.6 is 0 Å². The lowest BCUT2D eigenvalue weighted by Gasteiger charge is -2.11. The number of nitrogens with one attached hydrogen (secondary N) is 1. The van der Waals surface area contributed by atoms with Gasteiger partial charge in [0.1, 0.15) is 11.3 Å². The summed E-state index contributed by atoms with van der Waals surface area (Å²) in [6, 6.07) is 11.2. The van der Waals surface area contributed by atoms with E-state index < -0.39 is 5.91 Å². The predicted molar refractivity (Wildman–Crippen MR) is 98.5 cm³/mol. The molecule has 0 aliphatic carbocycles. The average Bonchev–Trinajstić information content (AvgIpc) is 3.06. The van der Waals surface area contributed by atoms with E-state index in [0.717, 1.165) is 10.9 Å². The van der Waals surface area contributed by atoms with Crippen molar-refractivity contribution in [2.45, 2.75) is 26.7 Å². The zero-order valence-electron chi connectivity index (χ0n) is 14.7. The lowest BCUT2D eigenvalue weighted by atomic mass is 10.0. The monoisotopic (exact) mass is 352 g/mol. The number of rotatable bonds is 6. The van der Waals surface area contributed by atoms with Gasteiger partial charge in [-0.05, 0) is 25.0 Å². The molecular weight excluding hydrogens is 332 g/mol. The fourth-order valence-electron chi connectivity index (χ4n) is 2.85. The van der Waals surface area contributed by atoms with Gasteiger partial charge in [0.15, 0.2) is 0 Å². The Labute approximate surface area is 150 Å². The summed E-state index contributed by atoms with van der Waals surface area (Å²) in [5.74, 6) is -1.19. The number of para-hydroxylation sites is 1. The maximum absolute atomic E-state index is 12.3. The molecule has 2 amide bonds. The van der Waals surface area contributed by atoms with Crippen LogP contribution in [0.15, 0.2) is 40.9 Å². The maximum Gasteiger partial charge on any atom is 0.256 e. The van der Waals surface area contributed by atoms with E-state index in [0.29, 0.717) is 18.5 Å². The van der Waals surface area contributed by atoms with E-state index in [9.17, 15) is 9.59 Å². The van der Waals surface area contributed by atoms with Crippen LogP contribution in [0.5, 0.6) is 0 Å². The third kappa shape index (κ3) is 3.28. The van der Waals surface area contributed by atoms with E-state index in [4.69, 9.17) is 10.3 Å². The number of amides is 2. The van der Waals surface area contributed by atoms with E-state index in [-0.39, 0.29) is 29.0 Å². The number of hydrogen-bond donors (Lipinski definition) is 2. The van der Waals surface area contributed by atoms with Crippen LogP contribution in [-0.2, 0) is 4.79 Å². The van der Waals surface area contributed by atoms with Crippen molar-refractivity contribution < 1.29 is 14.1 Å². The Bertz CT molecular complexity index is 960. The third-order valence-electron chi connectivity index (χ3n) is 4.37. The normalized spacial score (nSPS) is 11.0. The van der Waals surface area contributed by atoms with Gasteiger partial charge >= 0.3 is 0 Å². The van der Waals surface area contributed by atoms with Gasteiger partial charge in [-0.15, -0.1) is 0 Å². The summed E-state index contributed by atoms with van der Waals surface area (Å²) >= 11 is 0. The van der Waals surface area contributed by atoms with Crippen LogP contribution in [0.2, 0.25) is 0 Å². The molecule has 0 aliphatic rings. The number of fused-ring (bicyclic) bond motifs is 1. The molecule has 0 saturated heterocycles. The molecule has 1 aromatic carbocycles. The molecule has 7 heteroatoms. The second kappa shape index (κ2) is 7.35. The van der Waals surface area contributed by atoms with Gasteiger partial charge in [-0.2, -0.15) is 0 Å². The number of pyridine rings is 1. The summed E-state index contributed by atoms with van der Waals surface area (Å²) in [7, 11) is 0. The number of hydrogen-bond acceptors (Lipinski definition) is 5. The Morgan fingerprint density at radius 1 is 1.15 bits per heavy atom. The molecule has 3 N–H and O–H groups in total. The average molecular weight is 352 g/mol. The van der Waals surface area contributed by atoms with Crippen molar-refractivity contribution in [1.82, 2.24) is 10.1 Å². The molecule has 0 unspecified atom stereocenters. The van der Waals surface area contributed by atoms with Crippen LogP contribution in [0.25, 0.3) is 22.3 Å². The van der Waals surface area contributed by atoms with E-state index in [1.807, 2.05) is 44.2 Å². The Balaban J connectivity index is 2.01. The van der Waals surface area contributed by atoms with Crippen molar-refractivity contribution in [3.8, 4) is 11.4 Å². The Kier molecular flexibility index (Phi) is 4.97. The van der Waals surface area contributed by atoms with Gasteiger partial charge in [-0.1, -0.05) is 43.3 Å². The highest BCUT2D eigenvalue weighted by molar-refractivity contribution is 6.06. The number of primary amides is 1. The first-order chi connectivity index (χ1) is 12.5. The van der Waals surface area contributed by atoms with Crippen LogP contribution < -0.4 is 11.1 Å². The Morgan fingerprint density at radius 3 is 2.58 bits per heavy atom. The van der Waals surface area contributed by atoms with Gasteiger partial charge in [-0.3, -0.25) is 14.9 Å². The number of carbonyl (C=O) groups is 2. The van der Waals surface area contributed by atoms with Crippen molar-refractivity contribution in [3.05, 3.63) is 42.0 Å². The molecule has 3 rings (SSSR count). The predicted octanol–water partition coefficient (Wildman–Crippen LogP) is 3.36. The molecule has 0 spiro atoms. The molecule has 7 nitrogen and oxygen atoms in total. The molecule has 134 valence electrons. The first-order valence-corrected chi connectivity index (χ1v) is 8.51. The van der Waals surface area contributed by atoms with Crippen LogP contribution in [0.1, 0.15) is 37.0 Å². The van der Waals surface area contributed by atoms with Gasteiger partial charge in [-0.25, -0.2) is 4.98 Å². The minimum absolute atomic E-state index is 0.0205. The van der Waals surface area contributed by atoms with Crippen LogP contribution in [0.4, 0.5) is 5.88 Å². The van der Waals surface area contributed by atoms with Crippen LogP contribution in [0.3, 0.4) is 0 Å². The van der Waals surface area contributed by atoms with Gasteiger partial charge in [0.2, 0.25) is 11.8 Å². The summed E-state index contributed by atoms with van der Waals surface area (Å²) in [6.45, 7) is 3.85. The van der Waals surface area contributed by atoms with E-state index in [1.165, 1.54) is 0 Å². The summed E-state index contributed by atoms with van der Waals surface area (Å²) in [4.78, 5) is 28.8. The number of nitrogens with zero attached hydrogens (tertiary/aromatic N) is 2. The van der Waals surface area contributed by atoms with Gasteiger partial charge < -0.3 is 10.3 Å². The summed E-state index contributed by atoms with van der Waals surface area (Å²) in [5, 5.41) is 7.51. The zero-order chi connectivity index (χ0) is 18.7. The van der Waals surface area contributed by atoms with E-state index in [2.05, 4.69) is 15.5 Å². The molecule has 0 bridgehead atoms. The smallest absolute Gasteiger partial charge is 0.256 e.